The van der Waals surface area contributed by atoms with E-state index in [1.54, 1.807) is 0 Å². The van der Waals surface area contributed by atoms with E-state index in [4.69, 9.17) is 9.47 Å². The van der Waals surface area contributed by atoms with Crippen molar-refractivity contribution in [3.05, 3.63) is 36.2 Å². The second kappa shape index (κ2) is 8.03. The molecule has 7 heteroatoms. The van der Waals surface area contributed by atoms with Crippen LogP contribution in [0.5, 0.6) is 0 Å². The lowest BCUT2D eigenvalue weighted by atomic mass is 10.2. The summed E-state index contributed by atoms with van der Waals surface area (Å²) in [6.45, 7) is 4.25. The monoisotopic (exact) mass is 343 g/mol. The second-order valence-corrected chi connectivity index (χ2v) is 6.81. The average Bonchev–Trinajstić information content (AvgIpc) is 3.38. The van der Waals surface area contributed by atoms with Crippen LogP contribution in [0.1, 0.15) is 31.5 Å². The Hall–Kier alpha value is -1.83. The van der Waals surface area contributed by atoms with Gasteiger partial charge in [-0.1, -0.05) is 18.2 Å². The molecule has 7 nitrogen and oxygen atoms in total. The van der Waals surface area contributed by atoms with Crippen LogP contribution in [0.4, 0.5) is 0 Å². The van der Waals surface area contributed by atoms with E-state index in [2.05, 4.69) is 20.4 Å². The first-order chi connectivity index (χ1) is 12.4. The van der Waals surface area contributed by atoms with E-state index in [-0.39, 0.29) is 0 Å². The van der Waals surface area contributed by atoms with Crippen molar-refractivity contribution in [3.63, 3.8) is 0 Å². The highest BCUT2D eigenvalue weighted by molar-refractivity contribution is 5.30. The van der Waals surface area contributed by atoms with E-state index >= 15 is 0 Å². The average molecular weight is 343 g/mol. The summed E-state index contributed by atoms with van der Waals surface area (Å²) in [4.78, 5) is 2.39. The summed E-state index contributed by atoms with van der Waals surface area (Å²) in [5, 5.41) is 12.3. The van der Waals surface area contributed by atoms with Gasteiger partial charge < -0.3 is 9.47 Å². The highest BCUT2D eigenvalue weighted by atomic mass is 16.5. The van der Waals surface area contributed by atoms with Crippen LogP contribution in [0.2, 0.25) is 0 Å². The van der Waals surface area contributed by atoms with Gasteiger partial charge in [-0.05, 0) is 48.2 Å². The Labute approximate surface area is 147 Å². The molecule has 2 saturated heterocycles. The molecule has 2 aliphatic heterocycles. The topological polar surface area (TPSA) is 65.3 Å². The van der Waals surface area contributed by atoms with E-state index in [0.717, 1.165) is 63.5 Å². The van der Waals surface area contributed by atoms with Crippen molar-refractivity contribution in [1.29, 1.82) is 0 Å². The number of para-hydroxylation sites is 1. The van der Waals surface area contributed by atoms with Crippen molar-refractivity contribution in [2.45, 2.75) is 44.4 Å². The fraction of sp³-hybridized carbons (Fsp3) is 0.611. The van der Waals surface area contributed by atoms with Crippen molar-refractivity contribution < 1.29 is 9.47 Å². The first-order valence-corrected chi connectivity index (χ1v) is 9.17. The van der Waals surface area contributed by atoms with Crippen LogP contribution in [0.15, 0.2) is 30.3 Å². The Balaban J connectivity index is 1.48. The summed E-state index contributed by atoms with van der Waals surface area (Å²) in [6, 6.07) is 10.0. The van der Waals surface area contributed by atoms with Crippen molar-refractivity contribution in [1.82, 2.24) is 25.1 Å². The van der Waals surface area contributed by atoms with Gasteiger partial charge in [-0.2, -0.15) is 4.68 Å². The molecule has 2 fully saturated rings. The first-order valence-electron chi connectivity index (χ1n) is 9.17. The van der Waals surface area contributed by atoms with E-state index in [9.17, 15) is 0 Å². The molecule has 0 saturated carbocycles. The quantitative estimate of drug-likeness (QED) is 0.764. The van der Waals surface area contributed by atoms with Gasteiger partial charge in [0, 0.05) is 26.3 Å². The van der Waals surface area contributed by atoms with Gasteiger partial charge in [0.2, 0.25) is 0 Å². The Morgan fingerprint density at radius 2 is 1.68 bits per heavy atom. The van der Waals surface area contributed by atoms with Crippen molar-refractivity contribution in [3.8, 4) is 5.69 Å². The lowest BCUT2D eigenvalue weighted by Crippen LogP contribution is -2.38. The number of aromatic nitrogens is 4. The molecule has 2 aromatic rings. The maximum atomic E-state index is 5.84. The predicted molar refractivity (Wildman–Crippen MR) is 92.4 cm³/mol. The molecule has 0 radical (unpaired) electrons. The Morgan fingerprint density at radius 1 is 1.00 bits per heavy atom. The molecule has 0 amide bonds. The molecule has 0 unspecified atom stereocenters. The third-order valence-corrected chi connectivity index (χ3v) is 4.87. The standard InChI is InChI=1S/C18H25N5O2/c1-2-6-15(7-3-1)23-18(19-20-21-23)14-22(12-16-8-4-10-24-16)13-17-9-5-11-25-17/h1-3,6-7,16-17H,4-5,8-14H2/t16-,17-/m0/s1. The van der Waals surface area contributed by atoms with Gasteiger partial charge in [0.15, 0.2) is 5.82 Å². The van der Waals surface area contributed by atoms with Crippen LogP contribution < -0.4 is 0 Å². The summed E-state index contributed by atoms with van der Waals surface area (Å²) < 4.78 is 13.5. The van der Waals surface area contributed by atoms with Gasteiger partial charge in [-0.15, -0.1) is 5.10 Å². The van der Waals surface area contributed by atoms with Crippen LogP contribution in [0, 0.1) is 0 Å². The van der Waals surface area contributed by atoms with E-state index in [0.29, 0.717) is 18.8 Å². The predicted octanol–water partition coefficient (Wildman–Crippen LogP) is 1.82. The summed E-state index contributed by atoms with van der Waals surface area (Å²) in [7, 11) is 0. The SMILES string of the molecule is c1ccc(-n2nnnc2CN(C[C@@H]2CCCO2)C[C@@H]2CCCO2)cc1. The van der Waals surface area contributed by atoms with E-state index < -0.39 is 0 Å². The summed E-state index contributed by atoms with van der Waals surface area (Å²) in [5.41, 5.74) is 0.983. The van der Waals surface area contributed by atoms with Crippen molar-refractivity contribution in [2.75, 3.05) is 26.3 Å². The number of tetrazole rings is 1. The summed E-state index contributed by atoms with van der Waals surface area (Å²) in [5.74, 6) is 0.849. The zero-order valence-corrected chi connectivity index (χ0v) is 14.5. The minimum absolute atomic E-state index is 0.308. The number of hydrogen-bond acceptors (Lipinski definition) is 6. The number of ether oxygens (including phenoxy) is 2. The molecule has 2 aliphatic rings. The van der Waals surface area contributed by atoms with Gasteiger partial charge in [-0.3, -0.25) is 4.90 Å². The molecular formula is C18H25N5O2. The molecule has 25 heavy (non-hydrogen) atoms. The number of rotatable bonds is 7. The van der Waals surface area contributed by atoms with Gasteiger partial charge in [-0.25, -0.2) is 0 Å². The van der Waals surface area contributed by atoms with Crippen LogP contribution in [0.3, 0.4) is 0 Å². The number of hydrogen-bond donors (Lipinski definition) is 0. The highest BCUT2D eigenvalue weighted by Crippen LogP contribution is 2.19. The van der Waals surface area contributed by atoms with Crippen LogP contribution in [-0.2, 0) is 16.0 Å². The smallest absolute Gasteiger partial charge is 0.170 e. The van der Waals surface area contributed by atoms with Crippen molar-refractivity contribution in [2.24, 2.45) is 0 Å². The van der Waals surface area contributed by atoms with Gasteiger partial charge in [0.05, 0.1) is 24.4 Å². The third kappa shape index (κ3) is 4.23. The molecular weight excluding hydrogens is 318 g/mol. The molecule has 3 heterocycles. The molecule has 2 atom stereocenters. The summed E-state index contributed by atoms with van der Waals surface area (Å²) >= 11 is 0. The van der Waals surface area contributed by atoms with Crippen LogP contribution in [-0.4, -0.2) is 63.6 Å². The zero-order valence-electron chi connectivity index (χ0n) is 14.5. The van der Waals surface area contributed by atoms with Crippen molar-refractivity contribution >= 4 is 0 Å². The largest absolute Gasteiger partial charge is 0.377 e. The minimum atomic E-state index is 0.308. The van der Waals surface area contributed by atoms with E-state index in [1.165, 1.54) is 0 Å². The Kier molecular flexibility index (Phi) is 5.34. The normalized spacial score (nSPS) is 23.6. The lowest BCUT2D eigenvalue weighted by Gasteiger charge is -2.27. The minimum Gasteiger partial charge on any atom is -0.377 e. The Morgan fingerprint density at radius 3 is 2.28 bits per heavy atom. The molecule has 1 aromatic heterocycles. The molecule has 0 bridgehead atoms. The maximum Gasteiger partial charge on any atom is 0.170 e. The number of nitrogens with zero attached hydrogens (tertiary/aromatic N) is 5. The van der Waals surface area contributed by atoms with Gasteiger partial charge in [0.25, 0.3) is 0 Å². The van der Waals surface area contributed by atoms with Gasteiger partial charge >= 0.3 is 0 Å². The molecule has 134 valence electrons. The summed E-state index contributed by atoms with van der Waals surface area (Å²) in [6.07, 6.45) is 5.18. The Bertz CT molecular complexity index is 632. The van der Waals surface area contributed by atoms with Crippen LogP contribution >= 0.6 is 0 Å². The zero-order chi connectivity index (χ0) is 16.9. The highest BCUT2D eigenvalue weighted by Gasteiger charge is 2.25. The molecule has 0 spiro atoms. The van der Waals surface area contributed by atoms with Crippen LogP contribution in [0.25, 0.3) is 5.69 Å². The molecule has 0 aliphatic carbocycles. The molecule has 1 aromatic carbocycles. The number of benzene rings is 1. The van der Waals surface area contributed by atoms with E-state index in [1.807, 2.05) is 35.0 Å². The second-order valence-electron chi connectivity index (χ2n) is 6.81. The first kappa shape index (κ1) is 16.6. The maximum absolute atomic E-state index is 5.84. The van der Waals surface area contributed by atoms with Gasteiger partial charge in [0.1, 0.15) is 0 Å². The fourth-order valence-electron chi connectivity index (χ4n) is 3.63. The lowest BCUT2D eigenvalue weighted by molar-refractivity contribution is 0.0334. The molecule has 4 rings (SSSR count). The molecule has 0 N–H and O–H groups in total. The fourth-order valence-corrected chi connectivity index (χ4v) is 3.63. The third-order valence-electron chi connectivity index (χ3n) is 4.87.